The maximum absolute atomic E-state index is 12.4. The van der Waals surface area contributed by atoms with Gasteiger partial charge in [0.1, 0.15) is 6.29 Å². The zero-order valence-electron chi connectivity index (χ0n) is 12.5. The number of benzene rings is 1. The molecule has 3 rings (SSSR count). The SMILES string of the molecule is CC1C[C@](C=O)(c2ccc(Cl)c(Cl)c2)CN(CC2CC2)C1=O. The average molecular weight is 340 g/mol. The largest absolute Gasteiger partial charge is 0.341 e. The quantitative estimate of drug-likeness (QED) is 0.784. The minimum absolute atomic E-state index is 0.157. The summed E-state index contributed by atoms with van der Waals surface area (Å²) >= 11 is 12.1. The molecule has 0 radical (unpaired) electrons. The number of nitrogens with zero attached hydrogens (tertiary/aromatic N) is 1. The van der Waals surface area contributed by atoms with E-state index in [1.54, 1.807) is 12.1 Å². The van der Waals surface area contributed by atoms with Gasteiger partial charge in [-0.05, 0) is 42.9 Å². The molecule has 0 bridgehead atoms. The number of carbonyl (C=O) groups excluding carboxylic acids is 2. The Morgan fingerprint density at radius 2 is 2.05 bits per heavy atom. The lowest BCUT2D eigenvalue weighted by molar-refractivity contribution is -0.142. The van der Waals surface area contributed by atoms with E-state index in [0.717, 1.165) is 18.4 Å². The van der Waals surface area contributed by atoms with Crippen LogP contribution in [-0.2, 0) is 15.0 Å². The van der Waals surface area contributed by atoms with E-state index in [-0.39, 0.29) is 11.8 Å². The summed E-state index contributed by atoms with van der Waals surface area (Å²) in [7, 11) is 0. The van der Waals surface area contributed by atoms with Crippen molar-refractivity contribution in [1.82, 2.24) is 4.90 Å². The third-order valence-corrected chi connectivity index (χ3v) is 5.51. The maximum atomic E-state index is 12.4. The molecule has 1 aromatic carbocycles. The minimum Gasteiger partial charge on any atom is -0.341 e. The molecule has 118 valence electrons. The molecule has 5 heteroatoms. The van der Waals surface area contributed by atoms with Crippen molar-refractivity contribution in [1.29, 1.82) is 0 Å². The normalized spacial score (nSPS) is 28.8. The van der Waals surface area contributed by atoms with E-state index in [0.29, 0.717) is 28.9 Å². The second-order valence-corrected chi connectivity index (χ2v) is 7.48. The highest BCUT2D eigenvalue weighted by molar-refractivity contribution is 6.42. The van der Waals surface area contributed by atoms with Gasteiger partial charge in [-0.25, -0.2) is 0 Å². The van der Waals surface area contributed by atoms with Gasteiger partial charge < -0.3 is 9.69 Å². The van der Waals surface area contributed by atoms with Crippen LogP contribution in [0, 0.1) is 11.8 Å². The lowest BCUT2D eigenvalue weighted by Crippen LogP contribution is -2.53. The summed E-state index contributed by atoms with van der Waals surface area (Å²) < 4.78 is 0. The van der Waals surface area contributed by atoms with Crippen molar-refractivity contribution < 1.29 is 9.59 Å². The smallest absolute Gasteiger partial charge is 0.225 e. The van der Waals surface area contributed by atoms with E-state index in [1.165, 1.54) is 12.8 Å². The Kier molecular flexibility index (Phi) is 4.21. The maximum Gasteiger partial charge on any atom is 0.225 e. The number of rotatable bonds is 4. The first-order valence-electron chi connectivity index (χ1n) is 7.66. The highest BCUT2D eigenvalue weighted by Crippen LogP contribution is 2.40. The van der Waals surface area contributed by atoms with Crippen LogP contribution in [0.25, 0.3) is 0 Å². The topological polar surface area (TPSA) is 37.4 Å². The van der Waals surface area contributed by atoms with Crippen molar-refractivity contribution in [2.24, 2.45) is 11.8 Å². The number of halogens is 2. The molecule has 1 heterocycles. The van der Waals surface area contributed by atoms with E-state index in [1.807, 2.05) is 17.9 Å². The number of hydrogen-bond donors (Lipinski definition) is 0. The molecule has 1 aliphatic carbocycles. The Balaban J connectivity index is 1.94. The third kappa shape index (κ3) is 2.89. The first kappa shape index (κ1) is 15.8. The van der Waals surface area contributed by atoms with Gasteiger partial charge in [0.05, 0.1) is 15.5 Å². The highest BCUT2D eigenvalue weighted by atomic mass is 35.5. The van der Waals surface area contributed by atoms with Crippen LogP contribution in [0.15, 0.2) is 18.2 Å². The molecule has 1 aromatic rings. The predicted molar refractivity (Wildman–Crippen MR) is 87.3 cm³/mol. The van der Waals surface area contributed by atoms with Gasteiger partial charge in [0.2, 0.25) is 5.91 Å². The van der Waals surface area contributed by atoms with Crippen LogP contribution >= 0.6 is 23.2 Å². The van der Waals surface area contributed by atoms with Gasteiger partial charge in [0.25, 0.3) is 0 Å². The number of carbonyl (C=O) groups is 2. The fourth-order valence-electron chi connectivity index (χ4n) is 3.36. The Hall–Kier alpha value is -1.06. The Bertz CT molecular complexity index is 615. The molecule has 2 aliphatic rings. The molecule has 22 heavy (non-hydrogen) atoms. The number of piperidine rings is 1. The standard InChI is InChI=1S/C17H19Cl2NO2/c1-11-7-17(10-21,13-4-5-14(18)15(19)6-13)9-20(16(11)22)8-12-2-3-12/h4-6,10-12H,2-3,7-9H2,1H3/t11?,17-/m0/s1. The summed E-state index contributed by atoms with van der Waals surface area (Å²) in [6.07, 6.45) is 3.86. The van der Waals surface area contributed by atoms with Crippen molar-refractivity contribution >= 4 is 35.4 Å². The highest BCUT2D eigenvalue weighted by Gasteiger charge is 2.45. The number of hydrogen-bond acceptors (Lipinski definition) is 2. The van der Waals surface area contributed by atoms with Crippen molar-refractivity contribution in [3.05, 3.63) is 33.8 Å². The molecule has 2 fully saturated rings. The summed E-state index contributed by atoms with van der Waals surface area (Å²) in [6.45, 7) is 3.10. The summed E-state index contributed by atoms with van der Waals surface area (Å²) in [5, 5.41) is 0.917. The summed E-state index contributed by atoms with van der Waals surface area (Å²) in [5.41, 5.74) is 0.160. The van der Waals surface area contributed by atoms with Crippen molar-refractivity contribution in [2.45, 2.75) is 31.6 Å². The average Bonchev–Trinajstić information content (AvgIpc) is 3.30. The second kappa shape index (κ2) is 5.86. The fourth-order valence-corrected chi connectivity index (χ4v) is 3.66. The fraction of sp³-hybridized carbons (Fsp3) is 0.529. The van der Waals surface area contributed by atoms with E-state index in [9.17, 15) is 9.59 Å². The van der Waals surface area contributed by atoms with Crippen molar-refractivity contribution in [3.8, 4) is 0 Å². The first-order valence-corrected chi connectivity index (χ1v) is 8.41. The van der Waals surface area contributed by atoms with Gasteiger partial charge in [0.15, 0.2) is 0 Å². The first-order chi connectivity index (χ1) is 10.4. The van der Waals surface area contributed by atoms with Gasteiger partial charge in [-0.1, -0.05) is 36.2 Å². The predicted octanol–water partition coefficient (Wildman–Crippen LogP) is 3.71. The van der Waals surface area contributed by atoms with Crippen LogP contribution in [0.3, 0.4) is 0 Å². The lowest BCUT2D eigenvalue weighted by atomic mass is 9.72. The lowest BCUT2D eigenvalue weighted by Gasteiger charge is -2.42. The number of likely N-dealkylation sites (tertiary alicyclic amines) is 1. The van der Waals surface area contributed by atoms with Crippen molar-refractivity contribution in [2.75, 3.05) is 13.1 Å². The van der Waals surface area contributed by atoms with E-state index in [4.69, 9.17) is 23.2 Å². The van der Waals surface area contributed by atoms with Crippen molar-refractivity contribution in [3.63, 3.8) is 0 Å². The zero-order chi connectivity index (χ0) is 15.9. The summed E-state index contributed by atoms with van der Waals surface area (Å²) in [5.74, 6) is 0.601. The molecule has 0 spiro atoms. The second-order valence-electron chi connectivity index (χ2n) is 6.67. The van der Waals surface area contributed by atoms with E-state index >= 15 is 0 Å². The van der Waals surface area contributed by atoms with Crippen LogP contribution in [0.1, 0.15) is 31.7 Å². The number of amides is 1. The van der Waals surface area contributed by atoms with Gasteiger partial charge in [-0.3, -0.25) is 4.79 Å². The molecular weight excluding hydrogens is 321 g/mol. The van der Waals surface area contributed by atoms with Gasteiger partial charge in [0, 0.05) is 19.0 Å². The summed E-state index contributed by atoms with van der Waals surface area (Å²) in [6, 6.07) is 5.33. The minimum atomic E-state index is -0.684. The molecule has 0 N–H and O–H groups in total. The van der Waals surface area contributed by atoms with E-state index in [2.05, 4.69) is 0 Å². The van der Waals surface area contributed by atoms with Crippen LogP contribution in [-0.4, -0.2) is 30.2 Å². The monoisotopic (exact) mass is 339 g/mol. The van der Waals surface area contributed by atoms with Crippen LogP contribution in [0.5, 0.6) is 0 Å². The molecule has 1 unspecified atom stereocenters. The van der Waals surface area contributed by atoms with Crippen LogP contribution in [0.2, 0.25) is 10.0 Å². The molecule has 1 saturated heterocycles. The van der Waals surface area contributed by atoms with Gasteiger partial charge >= 0.3 is 0 Å². The molecule has 1 amide bonds. The zero-order valence-corrected chi connectivity index (χ0v) is 14.0. The van der Waals surface area contributed by atoms with Gasteiger partial charge in [-0.2, -0.15) is 0 Å². The molecule has 1 saturated carbocycles. The molecule has 2 atom stereocenters. The Morgan fingerprint density at radius 1 is 1.32 bits per heavy atom. The Morgan fingerprint density at radius 3 is 2.64 bits per heavy atom. The number of aldehydes is 1. The van der Waals surface area contributed by atoms with Gasteiger partial charge in [-0.15, -0.1) is 0 Å². The third-order valence-electron chi connectivity index (χ3n) is 4.77. The Labute approximate surface area is 140 Å². The molecular formula is C17H19Cl2NO2. The van der Waals surface area contributed by atoms with E-state index < -0.39 is 5.41 Å². The molecule has 3 nitrogen and oxygen atoms in total. The van der Waals surface area contributed by atoms with Crippen LogP contribution < -0.4 is 0 Å². The molecule has 1 aliphatic heterocycles. The van der Waals surface area contributed by atoms with Crippen LogP contribution in [0.4, 0.5) is 0 Å². The summed E-state index contributed by atoms with van der Waals surface area (Å²) in [4.78, 5) is 26.2. The molecule has 0 aromatic heterocycles.